The largest absolute Gasteiger partial charge is 0.424 e. The van der Waals surface area contributed by atoms with Crippen molar-refractivity contribution in [2.75, 3.05) is 5.73 Å². The second-order valence-electron chi connectivity index (χ2n) is 2.85. The lowest BCUT2D eigenvalue weighted by molar-refractivity contribution is 0.442. The number of aromatic nitrogens is 2. The first kappa shape index (κ1) is 9.73. The second-order valence-corrected chi connectivity index (χ2v) is 3.29. The number of hydrogen-bond acceptors (Lipinski definition) is 4. The van der Waals surface area contributed by atoms with Gasteiger partial charge in [0.15, 0.2) is 0 Å². The maximum atomic E-state index is 5.73. The van der Waals surface area contributed by atoms with Crippen LogP contribution in [0.1, 0.15) is 0 Å². The van der Waals surface area contributed by atoms with E-state index in [2.05, 4.69) is 9.97 Å². The van der Waals surface area contributed by atoms with E-state index in [4.69, 9.17) is 22.1 Å². The van der Waals surface area contributed by atoms with Crippen molar-refractivity contribution in [2.45, 2.75) is 0 Å². The maximum absolute atomic E-state index is 5.73. The van der Waals surface area contributed by atoms with Crippen molar-refractivity contribution in [1.29, 1.82) is 0 Å². The fourth-order valence-electron chi connectivity index (χ4n) is 0.987. The molecule has 0 fully saturated rings. The number of hydrogen-bond donors (Lipinski definition) is 1. The van der Waals surface area contributed by atoms with E-state index >= 15 is 0 Å². The van der Waals surface area contributed by atoms with Crippen LogP contribution in [0.5, 0.6) is 11.8 Å². The van der Waals surface area contributed by atoms with Crippen molar-refractivity contribution in [3.8, 4) is 11.8 Å². The zero-order chi connectivity index (χ0) is 10.7. The van der Waals surface area contributed by atoms with Crippen molar-refractivity contribution in [3.63, 3.8) is 0 Å². The number of nitrogens with two attached hydrogens (primary N) is 1. The summed E-state index contributed by atoms with van der Waals surface area (Å²) >= 11 is 5.73. The third kappa shape index (κ3) is 2.57. The lowest BCUT2D eigenvalue weighted by Gasteiger charge is -2.02. The first-order valence-corrected chi connectivity index (χ1v) is 4.63. The highest BCUT2D eigenvalue weighted by Crippen LogP contribution is 2.19. The van der Waals surface area contributed by atoms with Crippen LogP contribution < -0.4 is 10.5 Å². The molecule has 2 N–H and O–H groups in total. The summed E-state index contributed by atoms with van der Waals surface area (Å²) in [5, 5.41) is 0.653. The van der Waals surface area contributed by atoms with Gasteiger partial charge in [-0.15, -0.1) is 0 Å². The number of nitrogens with zero attached hydrogens (tertiary/aromatic N) is 2. The molecule has 0 unspecified atom stereocenters. The molecule has 76 valence electrons. The van der Waals surface area contributed by atoms with E-state index in [1.165, 1.54) is 12.4 Å². The number of ether oxygens (including phenoxy) is 1. The van der Waals surface area contributed by atoms with Crippen molar-refractivity contribution in [1.82, 2.24) is 9.97 Å². The fraction of sp³-hybridized carbons (Fsp3) is 0. The molecule has 4 nitrogen and oxygen atoms in total. The molecule has 0 bridgehead atoms. The van der Waals surface area contributed by atoms with Crippen LogP contribution in [-0.2, 0) is 0 Å². The molecular weight excluding hydrogens is 214 g/mol. The fourth-order valence-corrected chi connectivity index (χ4v) is 1.11. The van der Waals surface area contributed by atoms with Gasteiger partial charge in [-0.3, -0.25) is 0 Å². The minimum atomic E-state index is 0.256. The quantitative estimate of drug-likeness (QED) is 0.847. The number of anilines is 1. The van der Waals surface area contributed by atoms with E-state index < -0.39 is 0 Å². The molecule has 1 aromatic carbocycles. The Kier molecular flexibility index (Phi) is 2.69. The minimum Gasteiger partial charge on any atom is -0.424 e. The van der Waals surface area contributed by atoms with Crippen molar-refractivity contribution in [2.24, 2.45) is 0 Å². The summed E-state index contributed by atoms with van der Waals surface area (Å²) in [5.74, 6) is 0.629. The normalized spacial score (nSPS) is 9.93. The van der Waals surface area contributed by atoms with Gasteiger partial charge in [-0.2, -0.15) is 0 Å². The molecule has 0 atom stereocenters. The van der Waals surface area contributed by atoms with Crippen LogP contribution >= 0.6 is 11.6 Å². The number of benzene rings is 1. The molecule has 0 aliphatic heterocycles. The predicted molar refractivity (Wildman–Crippen MR) is 58.0 cm³/mol. The van der Waals surface area contributed by atoms with Gasteiger partial charge in [-0.1, -0.05) is 11.6 Å². The van der Waals surface area contributed by atoms with Gasteiger partial charge in [-0.25, -0.2) is 9.97 Å². The van der Waals surface area contributed by atoms with Gasteiger partial charge >= 0.3 is 6.01 Å². The monoisotopic (exact) mass is 221 g/mol. The Morgan fingerprint density at radius 3 is 2.27 bits per heavy atom. The molecule has 0 saturated heterocycles. The third-order valence-electron chi connectivity index (χ3n) is 1.67. The van der Waals surface area contributed by atoms with E-state index in [0.717, 1.165) is 0 Å². The average Bonchev–Trinajstić information content (AvgIpc) is 2.25. The van der Waals surface area contributed by atoms with Crippen LogP contribution in [0.25, 0.3) is 0 Å². The van der Waals surface area contributed by atoms with Crippen LogP contribution in [0.3, 0.4) is 0 Å². The molecule has 2 rings (SSSR count). The molecule has 0 saturated carbocycles. The average molecular weight is 222 g/mol. The highest BCUT2D eigenvalue weighted by Gasteiger charge is 1.99. The Balaban J connectivity index is 2.15. The number of halogens is 1. The minimum absolute atomic E-state index is 0.256. The van der Waals surface area contributed by atoms with Crippen molar-refractivity contribution >= 4 is 17.3 Å². The van der Waals surface area contributed by atoms with Gasteiger partial charge in [0, 0.05) is 5.02 Å². The smallest absolute Gasteiger partial charge is 0.322 e. The summed E-state index contributed by atoms with van der Waals surface area (Å²) in [7, 11) is 0. The van der Waals surface area contributed by atoms with Gasteiger partial charge < -0.3 is 10.5 Å². The number of nitrogen functional groups attached to an aromatic ring is 1. The van der Waals surface area contributed by atoms with Crippen molar-refractivity contribution < 1.29 is 4.74 Å². The zero-order valence-corrected chi connectivity index (χ0v) is 8.48. The first-order valence-electron chi connectivity index (χ1n) is 4.25. The standard InChI is InChI=1S/C10H8ClN3O/c11-7-1-3-9(4-2-7)15-10-13-5-8(12)6-14-10/h1-6H,12H2. The Morgan fingerprint density at radius 2 is 1.67 bits per heavy atom. The first-order chi connectivity index (χ1) is 7.24. The maximum Gasteiger partial charge on any atom is 0.322 e. The molecule has 1 heterocycles. The predicted octanol–water partition coefficient (Wildman–Crippen LogP) is 2.50. The second kappa shape index (κ2) is 4.14. The van der Waals surface area contributed by atoms with E-state index in [1.807, 2.05) is 0 Å². The third-order valence-corrected chi connectivity index (χ3v) is 1.92. The molecule has 15 heavy (non-hydrogen) atoms. The molecule has 0 amide bonds. The van der Waals surface area contributed by atoms with E-state index in [1.54, 1.807) is 24.3 Å². The summed E-state index contributed by atoms with van der Waals surface area (Å²) in [4.78, 5) is 7.81. The molecule has 0 aliphatic rings. The molecule has 0 radical (unpaired) electrons. The van der Waals surface area contributed by atoms with Crippen LogP contribution in [0.2, 0.25) is 5.02 Å². The van der Waals surface area contributed by atoms with Crippen LogP contribution in [-0.4, -0.2) is 9.97 Å². The summed E-state index contributed by atoms with van der Waals surface area (Å²) in [6, 6.07) is 7.19. The van der Waals surface area contributed by atoms with Gasteiger partial charge in [0.05, 0.1) is 18.1 Å². The van der Waals surface area contributed by atoms with E-state index in [0.29, 0.717) is 16.5 Å². The Labute approximate surface area is 91.7 Å². The van der Waals surface area contributed by atoms with Crippen LogP contribution in [0.4, 0.5) is 5.69 Å². The van der Waals surface area contributed by atoms with Crippen LogP contribution in [0, 0.1) is 0 Å². The molecule has 5 heteroatoms. The van der Waals surface area contributed by atoms with Gasteiger partial charge in [0.2, 0.25) is 0 Å². The highest BCUT2D eigenvalue weighted by atomic mass is 35.5. The summed E-state index contributed by atoms with van der Waals surface area (Å²) in [5.41, 5.74) is 5.94. The van der Waals surface area contributed by atoms with Crippen molar-refractivity contribution in [3.05, 3.63) is 41.7 Å². The zero-order valence-electron chi connectivity index (χ0n) is 7.72. The molecule has 0 spiro atoms. The highest BCUT2D eigenvalue weighted by molar-refractivity contribution is 6.30. The summed E-state index contributed by atoms with van der Waals surface area (Å²) in [6.45, 7) is 0. The van der Waals surface area contributed by atoms with Gasteiger partial charge in [0.1, 0.15) is 5.75 Å². The van der Waals surface area contributed by atoms with Crippen LogP contribution in [0.15, 0.2) is 36.7 Å². The molecular formula is C10H8ClN3O. The lowest BCUT2D eigenvalue weighted by Crippen LogP contribution is -1.93. The number of rotatable bonds is 2. The lowest BCUT2D eigenvalue weighted by atomic mass is 10.3. The van der Waals surface area contributed by atoms with Gasteiger partial charge in [-0.05, 0) is 24.3 Å². The van der Waals surface area contributed by atoms with E-state index in [9.17, 15) is 0 Å². The Hall–Kier alpha value is -1.81. The molecule has 0 aliphatic carbocycles. The topological polar surface area (TPSA) is 61.0 Å². The summed E-state index contributed by atoms with van der Waals surface area (Å²) in [6.07, 6.45) is 2.97. The summed E-state index contributed by atoms with van der Waals surface area (Å²) < 4.78 is 5.35. The SMILES string of the molecule is Nc1cnc(Oc2ccc(Cl)cc2)nc1. The van der Waals surface area contributed by atoms with Gasteiger partial charge in [0.25, 0.3) is 0 Å². The Bertz CT molecular complexity index is 398. The molecule has 1 aromatic heterocycles. The Morgan fingerprint density at radius 1 is 1.07 bits per heavy atom. The molecule has 2 aromatic rings. The van der Waals surface area contributed by atoms with E-state index in [-0.39, 0.29) is 6.01 Å².